The molecule has 2 heterocycles. The van der Waals surface area contributed by atoms with Crippen molar-refractivity contribution in [2.45, 2.75) is 22.1 Å². The highest BCUT2D eigenvalue weighted by atomic mass is 32.2. The predicted molar refractivity (Wildman–Crippen MR) is 211 cm³/mol. The zero-order chi connectivity index (χ0) is 34.4. The lowest BCUT2D eigenvalue weighted by Crippen LogP contribution is -2.32. The molecule has 1 aliphatic carbocycles. The maximum absolute atomic E-state index is 4.95. The molecule has 3 nitrogen and oxygen atoms in total. The molecule has 0 unspecified atom stereocenters. The molecule has 7 aromatic rings. The Bertz CT molecular complexity index is 2480. The van der Waals surface area contributed by atoms with E-state index in [2.05, 4.69) is 122 Å². The van der Waals surface area contributed by atoms with Gasteiger partial charge in [-0.05, 0) is 63.1 Å². The van der Waals surface area contributed by atoms with E-state index in [1.54, 1.807) is 6.08 Å². The van der Waals surface area contributed by atoms with Gasteiger partial charge in [0.05, 0.1) is 5.41 Å². The van der Waals surface area contributed by atoms with Crippen molar-refractivity contribution in [3.63, 3.8) is 0 Å². The zero-order valence-corrected chi connectivity index (χ0v) is 28.9. The molecule has 0 saturated carbocycles. The van der Waals surface area contributed by atoms with Crippen molar-refractivity contribution in [1.82, 2.24) is 15.0 Å². The monoisotopic (exact) mass is 671 g/mol. The predicted octanol–water partition coefficient (Wildman–Crippen LogP) is 11.8. The molecule has 2 aliphatic rings. The Hall–Kier alpha value is -6.10. The summed E-state index contributed by atoms with van der Waals surface area (Å²) in [5, 5.41) is 0. The van der Waals surface area contributed by atoms with E-state index in [1.165, 1.54) is 48.7 Å². The van der Waals surface area contributed by atoms with Crippen molar-refractivity contribution in [3.05, 3.63) is 205 Å². The minimum absolute atomic E-state index is 0.401. The summed E-state index contributed by atoms with van der Waals surface area (Å²) in [6.07, 6.45) is 7.60. The van der Waals surface area contributed by atoms with Crippen molar-refractivity contribution < 1.29 is 0 Å². The Labute approximate surface area is 302 Å². The Kier molecular flexibility index (Phi) is 7.67. The zero-order valence-electron chi connectivity index (χ0n) is 28.1. The van der Waals surface area contributed by atoms with Crippen LogP contribution in [0, 0.1) is 0 Å². The van der Waals surface area contributed by atoms with Gasteiger partial charge in [0.1, 0.15) is 0 Å². The molecule has 51 heavy (non-hydrogen) atoms. The first kappa shape index (κ1) is 30.9. The van der Waals surface area contributed by atoms with Crippen LogP contribution in [-0.2, 0) is 5.41 Å². The number of aromatic nitrogens is 3. The highest BCUT2D eigenvalue weighted by Crippen LogP contribution is 2.63. The van der Waals surface area contributed by atoms with Crippen LogP contribution in [0.4, 0.5) is 0 Å². The van der Waals surface area contributed by atoms with Crippen molar-refractivity contribution >= 4 is 17.3 Å². The van der Waals surface area contributed by atoms with Gasteiger partial charge in [-0.25, -0.2) is 15.0 Å². The lowest BCUT2D eigenvalue weighted by atomic mass is 9.67. The lowest BCUT2D eigenvalue weighted by molar-refractivity contribution is 0.723. The first-order valence-corrected chi connectivity index (χ1v) is 18.0. The summed E-state index contributed by atoms with van der Waals surface area (Å²) in [4.78, 5) is 17.3. The van der Waals surface area contributed by atoms with Gasteiger partial charge < -0.3 is 0 Å². The summed E-state index contributed by atoms with van der Waals surface area (Å²) in [7, 11) is 0. The van der Waals surface area contributed by atoms with Crippen molar-refractivity contribution in [3.8, 4) is 45.0 Å². The third kappa shape index (κ3) is 5.02. The maximum atomic E-state index is 4.95. The Morgan fingerprint density at radius 2 is 1.08 bits per heavy atom. The van der Waals surface area contributed by atoms with E-state index in [0.717, 1.165) is 22.3 Å². The van der Waals surface area contributed by atoms with E-state index in [0.29, 0.717) is 17.5 Å². The van der Waals surface area contributed by atoms with Gasteiger partial charge in [0.2, 0.25) is 0 Å². The highest BCUT2D eigenvalue weighted by Gasteiger charge is 2.50. The normalized spacial score (nSPS) is 13.8. The molecular formula is C47H33N3S. The standard InChI is InChI=1S/C47H33N3S/c1-3-4-6-16-31(2)44-48-45(33-17-7-5-8-18-33)50-46(49-44)34-29-27-32(28-30-34)35-21-15-25-41-43(35)51-42-26-14-13-24-40(42)47(41)38-22-11-9-19-36(38)37-20-10-12-23-39(37)47/h3-30H,1H2,2H3/b6-4-,31-16+. The van der Waals surface area contributed by atoms with Gasteiger partial charge in [-0.2, -0.15) is 0 Å². The minimum atomic E-state index is -0.401. The number of hydrogen-bond acceptors (Lipinski definition) is 4. The molecule has 9 rings (SSSR count). The molecule has 0 atom stereocenters. The van der Waals surface area contributed by atoms with Gasteiger partial charge in [-0.1, -0.05) is 182 Å². The van der Waals surface area contributed by atoms with Gasteiger partial charge in [-0.15, -0.1) is 0 Å². The lowest BCUT2D eigenvalue weighted by Gasteiger charge is -2.40. The Morgan fingerprint density at radius 1 is 0.529 bits per heavy atom. The smallest absolute Gasteiger partial charge is 0.164 e. The van der Waals surface area contributed by atoms with Gasteiger partial charge in [-0.3, -0.25) is 0 Å². The maximum Gasteiger partial charge on any atom is 0.164 e. The second-order valence-electron chi connectivity index (χ2n) is 12.8. The summed E-state index contributed by atoms with van der Waals surface area (Å²) in [6, 6.07) is 52.4. The van der Waals surface area contributed by atoms with Gasteiger partial charge in [0.15, 0.2) is 17.5 Å². The van der Waals surface area contributed by atoms with Gasteiger partial charge in [0.25, 0.3) is 0 Å². The molecule has 0 bridgehead atoms. The molecule has 1 aromatic heterocycles. The fraction of sp³-hybridized carbons (Fsp3) is 0.0426. The minimum Gasteiger partial charge on any atom is -0.209 e. The van der Waals surface area contributed by atoms with Crippen molar-refractivity contribution in [2.75, 3.05) is 0 Å². The van der Waals surface area contributed by atoms with Gasteiger partial charge >= 0.3 is 0 Å². The molecule has 6 aromatic carbocycles. The van der Waals surface area contributed by atoms with E-state index in [1.807, 2.05) is 67.2 Å². The van der Waals surface area contributed by atoms with E-state index < -0.39 is 5.41 Å². The molecular weight excluding hydrogens is 639 g/mol. The van der Waals surface area contributed by atoms with Crippen LogP contribution >= 0.6 is 11.8 Å². The molecule has 0 N–H and O–H groups in total. The summed E-state index contributed by atoms with van der Waals surface area (Å²) in [5.74, 6) is 1.93. The molecule has 242 valence electrons. The van der Waals surface area contributed by atoms with Crippen LogP contribution in [0.1, 0.15) is 35.0 Å². The van der Waals surface area contributed by atoms with E-state index in [4.69, 9.17) is 15.0 Å². The third-order valence-electron chi connectivity index (χ3n) is 9.94. The second kappa shape index (κ2) is 12.7. The van der Waals surface area contributed by atoms with Crippen LogP contribution in [0.15, 0.2) is 186 Å². The van der Waals surface area contributed by atoms with E-state index >= 15 is 0 Å². The fourth-order valence-electron chi connectivity index (χ4n) is 7.66. The average molecular weight is 672 g/mol. The molecule has 1 spiro atoms. The number of allylic oxidation sites excluding steroid dienone is 5. The topological polar surface area (TPSA) is 38.7 Å². The van der Waals surface area contributed by atoms with Crippen molar-refractivity contribution in [1.29, 1.82) is 0 Å². The summed E-state index contributed by atoms with van der Waals surface area (Å²) < 4.78 is 0. The number of rotatable bonds is 6. The first-order chi connectivity index (χ1) is 25.2. The van der Waals surface area contributed by atoms with Crippen LogP contribution in [0.3, 0.4) is 0 Å². The SMILES string of the molecule is C=C/C=C\C=C(/C)c1nc(-c2ccccc2)nc(-c2ccc(-c3cccc4c3Sc3ccccc3C43c4ccccc4-c4ccccc43)cc2)n1. The van der Waals surface area contributed by atoms with Crippen molar-refractivity contribution in [2.24, 2.45) is 0 Å². The largest absolute Gasteiger partial charge is 0.209 e. The summed E-state index contributed by atoms with van der Waals surface area (Å²) in [5.41, 5.74) is 12.8. The molecule has 0 amide bonds. The molecule has 4 heteroatoms. The summed E-state index contributed by atoms with van der Waals surface area (Å²) in [6.45, 7) is 5.80. The number of hydrogen-bond donors (Lipinski definition) is 0. The molecule has 0 radical (unpaired) electrons. The number of fused-ring (bicyclic) bond motifs is 9. The number of benzene rings is 6. The highest BCUT2D eigenvalue weighted by molar-refractivity contribution is 7.99. The van der Waals surface area contributed by atoms with Gasteiger partial charge in [0, 0.05) is 20.9 Å². The summed E-state index contributed by atoms with van der Waals surface area (Å²) >= 11 is 1.88. The first-order valence-electron chi connectivity index (χ1n) is 17.2. The Balaban J connectivity index is 1.18. The molecule has 0 saturated heterocycles. The quantitative estimate of drug-likeness (QED) is 0.165. The van der Waals surface area contributed by atoms with E-state index in [-0.39, 0.29) is 0 Å². The van der Waals surface area contributed by atoms with Crippen LogP contribution in [0.25, 0.3) is 50.6 Å². The molecule has 0 fully saturated rings. The van der Waals surface area contributed by atoms with E-state index in [9.17, 15) is 0 Å². The van der Waals surface area contributed by atoms with Crippen LogP contribution in [0.5, 0.6) is 0 Å². The molecule has 1 aliphatic heterocycles. The van der Waals surface area contributed by atoms with Crippen LogP contribution in [0.2, 0.25) is 0 Å². The third-order valence-corrected chi connectivity index (χ3v) is 11.2. The fourth-order valence-corrected chi connectivity index (χ4v) is 8.98. The Morgan fingerprint density at radius 3 is 1.76 bits per heavy atom. The second-order valence-corrected chi connectivity index (χ2v) is 13.9. The average Bonchev–Trinajstić information content (AvgIpc) is 3.49. The van der Waals surface area contributed by atoms with Crippen LogP contribution in [-0.4, -0.2) is 15.0 Å². The number of nitrogens with zero attached hydrogens (tertiary/aromatic N) is 3. The van der Waals surface area contributed by atoms with Crippen LogP contribution < -0.4 is 0 Å².